The van der Waals surface area contributed by atoms with Gasteiger partial charge < -0.3 is 14.5 Å². The van der Waals surface area contributed by atoms with Gasteiger partial charge in [-0.25, -0.2) is 0 Å². The van der Waals surface area contributed by atoms with Crippen LogP contribution in [-0.4, -0.2) is 42.6 Å². The molecule has 5 heteroatoms. The Hall–Kier alpha value is -1.33. The molecule has 5 nitrogen and oxygen atoms in total. The van der Waals surface area contributed by atoms with Crippen molar-refractivity contribution >= 4 is 5.91 Å². The van der Waals surface area contributed by atoms with E-state index in [1.54, 1.807) is 6.26 Å². The number of likely N-dealkylation sites (tertiary alicyclic amines) is 1. The third-order valence-corrected chi connectivity index (χ3v) is 5.19. The van der Waals surface area contributed by atoms with E-state index >= 15 is 0 Å². The van der Waals surface area contributed by atoms with E-state index in [4.69, 9.17) is 9.15 Å². The maximum atomic E-state index is 12.0. The topological polar surface area (TPSA) is 54.7 Å². The molecule has 2 aliphatic heterocycles. The number of amides is 1. The number of fused-ring (bicyclic) bond motifs is 1. The zero-order chi connectivity index (χ0) is 14.9. The van der Waals surface area contributed by atoms with Crippen molar-refractivity contribution in [1.82, 2.24) is 10.2 Å². The minimum atomic E-state index is 0.125. The van der Waals surface area contributed by atoms with Crippen LogP contribution in [0, 0.1) is 11.8 Å². The number of nitrogens with one attached hydrogen (secondary N) is 1. The summed E-state index contributed by atoms with van der Waals surface area (Å²) in [6.45, 7) is 3.90. The van der Waals surface area contributed by atoms with E-state index in [-0.39, 0.29) is 12.0 Å². The highest BCUT2D eigenvalue weighted by Crippen LogP contribution is 2.36. The number of rotatable bonds is 5. The molecule has 1 aliphatic carbocycles. The van der Waals surface area contributed by atoms with Gasteiger partial charge >= 0.3 is 0 Å². The highest BCUT2D eigenvalue weighted by Gasteiger charge is 2.41. The standard InChI is InChI=1S/C17H24N2O3/c20-17(18-14-1-2-14)7-16-15-3-5-19(9-13(15)11-22-16)8-12-4-6-21-10-12/h4,6,10,13-16H,1-3,5,7-9,11H2,(H,18,20)/t13-,15-,16-/m1/s1. The fourth-order valence-electron chi connectivity index (χ4n) is 3.85. The Kier molecular flexibility index (Phi) is 3.92. The second-order valence-electron chi connectivity index (χ2n) is 7.00. The van der Waals surface area contributed by atoms with E-state index in [0.717, 1.165) is 45.5 Å². The second kappa shape index (κ2) is 6.05. The first-order chi connectivity index (χ1) is 10.8. The molecule has 1 aromatic rings. The van der Waals surface area contributed by atoms with Gasteiger partial charge in [-0.05, 0) is 37.8 Å². The number of furan rings is 1. The molecule has 0 unspecified atom stereocenters. The minimum Gasteiger partial charge on any atom is -0.472 e. The number of nitrogens with zero attached hydrogens (tertiary/aromatic N) is 1. The molecule has 1 amide bonds. The van der Waals surface area contributed by atoms with Crippen LogP contribution < -0.4 is 5.32 Å². The Morgan fingerprint density at radius 3 is 3.05 bits per heavy atom. The highest BCUT2D eigenvalue weighted by atomic mass is 16.5. The first kappa shape index (κ1) is 14.3. The van der Waals surface area contributed by atoms with Gasteiger partial charge in [0.15, 0.2) is 0 Å². The molecular formula is C17H24N2O3. The average Bonchev–Trinajstić information content (AvgIpc) is 3.01. The molecule has 3 aliphatic rings. The Bertz CT molecular complexity index is 512. The van der Waals surface area contributed by atoms with Gasteiger partial charge in [0.25, 0.3) is 0 Å². The summed E-state index contributed by atoms with van der Waals surface area (Å²) in [6, 6.07) is 2.48. The van der Waals surface area contributed by atoms with Crippen LogP contribution in [0.2, 0.25) is 0 Å². The van der Waals surface area contributed by atoms with Crippen LogP contribution >= 0.6 is 0 Å². The Balaban J connectivity index is 1.28. The summed E-state index contributed by atoms with van der Waals surface area (Å²) >= 11 is 0. The lowest BCUT2D eigenvalue weighted by molar-refractivity contribution is -0.123. The normalized spacial score (nSPS) is 31.9. The van der Waals surface area contributed by atoms with Crippen molar-refractivity contribution in [3.63, 3.8) is 0 Å². The largest absolute Gasteiger partial charge is 0.472 e. The smallest absolute Gasteiger partial charge is 0.222 e. The number of hydrogen-bond acceptors (Lipinski definition) is 4. The third-order valence-electron chi connectivity index (χ3n) is 5.19. The summed E-state index contributed by atoms with van der Waals surface area (Å²) in [5.74, 6) is 1.29. The predicted molar refractivity (Wildman–Crippen MR) is 81.1 cm³/mol. The molecule has 1 N–H and O–H groups in total. The first-order valence-corrected chi connectivity index (χ1v) is 8.42. The van der Waals surface area contributed by atoms with Crippen molar-refractivity contribution in [2.24, 2.45) is 11.8 Å². The summed E-state index contributed by atoms with van der Waals surface area (Å²) in [7, 11) is 0. The van der Waals surface area contributed by atoms with Crippen LogP contribution in [0.15, 0.2) is 23.0 Å². The van der Waals surface area contributed by atoms with Crippen LogP contribution in [-0.2, 0) is 16.1 Å². The fourth-order valence-corrected chi connectivity index (χ4v) is 3.85. The number of carbonyl (C=O) groups excluding carboxylic acids is 1. The molecule has 0 aromatic carbocycles. The third kappa shape index (κ3) is 3.20. The molecular weight excluding hydrogens is 280 g/mol. The molecule has 2 saturated heterocycles. The van der Waals surface area contributed by atoms with Crippen molar-refractivity contribution in [2.75, 3.05) is 19.7 Å². The van der Waals surface area contributed by atoms with Crippen LogP contribution in [0.1, 0.15) is 31.2 Å². The van der Waals surface area contributed by atoms with Crippen molar-refractivity contribution in [1.29, 1.82) is 0 Å². The van der Waals surface area contributed by atoms with E-state index in [9.17, 15) is 4.79 Å². The SMILES string of the molecule is O=C(C[C@H]1OC[C@H]2CN(Cc3ccoc3)CC[C@H]21)NC1CC1. The lowest BCUT2D eigenvalue weighted by Gasteiger charge is -2.35. The van der Waals surface area contributed by atoms with Crippen LogP contribution in [0.5, 0.6) is 0 Å². The van der Waals surface area contributed by atoms with E-state index in [1.165, 1.54) is 5.56 Å². The summed E-state index contributed by atoms with van der Waals surface area (Å²) in [5.41, 5.74) is 1.23. The molecule has 0 bridgehead atoms. The van der Waals surface area contributed by atoms with Gasteiger partial charge in [0.05, 0.1) is 31.7 Å². The minimum absolute atomic E-state index is 0.125. The van der Waals surface area contributed by atoms with Crippen molar-refractivity contribution in [2.45, 2.75) is 44.4 Å². The molecule has 3 atom stereocenters. The summed E-state index contributed by atoms with van der Waals surface area (Å²) < 4.78 is 11.1. The molecule has 3 heterocycles. The molecule has 22 heavy (non-hydrogen) atoms. The zero-order valence-corrected chi connectivity index (χ0v) is 12.9. The summed E-state index contributed by atoms with van der Waals surface area (Å²) in [5, 5.41) is 3.07. The predicted octanol–water partition coefficient (Wildman–Crippen LogP) is 1.79. The molecule has 1 aromatic heterocycles. The summed E-state index contributed by atoms with van der Waals surface area (Å²) in [4.78, 5) is 14.5. The van der Waals surface area contributed by atoms with Gasteiger partial charge in [-0.3, -0.25) is 9.69 Å². The molecule has 0 spiro atoms. The molecule has 1 saturated carbocycles. The lowest BCUT2D eigenvalue weighted by atomic mass is 9.83. The van der Waals surface area contributed by atoms with Crippen molar-refractivity contribution < 1.29 is 13.9 Å². The molecule has 4 rings (SSSR count). The Morgan fingerprint density at radius 2 is 2.27 bits per heavy atom. The first-order valence-electron chi connectivity index (χ1n) is 8.42. The zero-order valence-electron chi connectivity index (χ0n) is 12.9. The van der Waals surface area contributed by atoms with Crippen LogP contribution in [0.25, 0.3) is 0 Å². The van der Waals surface area contributed by atoms with Gasteiger partial charge in [-0.2, -0.15) is 0 Å². The van der Waals surface area contributed by atoms with E-state index in [0.29, 0.717) is 24.3 Å². The van der Waals surface area contributed by atoms with Crippen molar-refractivity contribution in [3.8, 4) is 0 Å². The lowest BCUT2D eigenvalue weighted by Crippen LogP contribution is -2.42. The maximum Gasteiger partial charge on any atom is 0.222 e. The number of hydrogen-bond donors (Lipinski definition) is 1. The fraction of sp³-hybridized carbons (Fsp3) is 0.706. The van der Waals surface area contributed by atoms with Crippen LogP contribution in [0.4, 0.5) is 0 Å². The van der Waals surface area contributed by atoms with E-state index in [1.807, 2.05) is 12.3 Å². The van der Waals surface area contributed by atoms with Gasteiger partial charge in [-0.15, -0.1) is 0 Å². The molecule has 120 valence electrons. The number of carbonyl (C=O) groups is 1. The monoisotopic (exact) mass is 304 g/mol. The van der Waals surface area contributed by atoms with E-state index < -0.39 is 0 Å². The number of piperidine rings is 1. The Morgan fingerprint density at radius 1 is 1.36 bits per heavy atom. The van der Waals surface area contributed by atoms with Gasteiger partial charge in [-0.1, -0.05) is 0 Å². The quantitative estimate of drug-likeness (QED) is 0.901. The van der Waals surface area contributed by atoms with E-state index in [2.05, 4.69) is 10.2 Å². The number of ether oxygens (including phenoxy) is 1. The molecule has 0 radical (unpaired) electrons. The average molecular weight is 304 g/mol. The summed E-state index contributed by atoms with van der Waals surface area (Å²) in [6.07, 6.45) is 7.64. The highest BCUT2D eigenvalue weighted by molar-refractivity contribution is 5.77. The van der Waals surface area contributed by atoms with Gasteiger partial charge in [0.1, 0.15) is 0 Å². The maximum absolute atomic E-state index is 12.0. The molecule has 3 fully saturated rings. The van der Waals surface area contributed by atoms with Gasteiger partial charge in [0, 0.05) is 30.6 Å². The second-order valence-corrected chi connectivity index (χ2v) is 7.00. The van der Waals surface area contributed by atoms with Crippen molar-refractivity contribution in [3.05, 3.63) is 24.2 Å². The van der Waals surface area contributed by atoms with Crippen LogP contribution in [0.3, 0.4) is 0 Å². The van der Waals surface area contributed by atoms with Gasteiger partial charge in [0.2, 0.25) is 5.91 Å². The Labute approximate surface area is 131 Å².